The first kappa shape index (κ1) is 21.9. The Morgan fingerprint density at radius 3 is 2.67 bits per heavy atom. The summed E-state index contributed by atoms with van der Waals surface area (Å²) < 4.78 is 25.5. The molecule has 3 heterocycles. The number of fused-ring (bicyclic) bond motifs is 1. The van der Waals surface area contributed by atoms with Crippen LogP contribution in [-0.2, 0) is 23.3 Å². The van der Waals surface area contributed by atoms with Crippen LogP contribution in [-0.4, -0.2) is 45.5 Å². The van der Waals surface area contributed by atoms with Crippen molar-refractivity contribution in [2.45, 2.75) is 23.2 Å². The summed E-state index contributed by atoms with van der Waals surface area (Å²) in [7, 11) is -1.07. The number of H-pyrrole nitrogens is 1. The molecule has 1 aliphatic heterocycles. The smallest absolute Gasteiger partial charge is 0.191 e. The first-order valence-electron chi connectivity index (χ1n) is 10.8. The lowest BCUT2D eigenvalue weighted by Gasteiger charge is -2.15. The highest BCUT2D eigenvalue weighted by atomic mass is 32.2. The molecule has 0 amide bonds. The molecule has 1 fully saturated rings. The molecule has 2 aromatic carbocycles. The largest absolute Gasteiger partial charge is 0.360 e. The van der Waals surface area contributed by atoms with Crippen molar-refractivity contribution in [3.63, 3.8) is 0 Å². The highest BCUT2D eigenvalue weighted by Crippen LogP contribution is 2.38. The molecular weight excluding hydrogens is 456 g/mol. The van der Waals surface area contributed by atoms with Gasteiger partial charge in [-0.1, -0.05) is 60.3 Å². The molecule has 9 heteroatoms. The average molecular weight is 481 g/mol. The average Bonchev–Trinajstić information content (AvgIpc) is 3.50. The van der Waals surface area contributed by atoms with Gasteiger partial charge in [0.1, 0.15) is 11.1 Å². The maximum Gasteiger partial charge on any atom is 0.191 e. The van der Waals surface area contributed by atoms with Crippen molar-refractivity contribution in [1.82, 2.24) is 19.7 Å². The Balaban J connectivity index is 1.44. The van der Waals surface area contributed by atoms with Gasteiger partial charge in [0.25, 0.3) is 0 Å². The van der Waals surface area contributed by atoms with Crippen LogP contribution in [0.3, 0.4) is 0 Å². The maximum absolute atomic E-state index is 13.7. The lowest BCUT2D eigenvalue weighted by Crippen LogP contribution is -2.12. The quantitative estimate of drug-likeness (QED) is 0.317. The Hall–Kier alpha value is -2.91. The molecule has 0 saturated carbocycles. The van der Waals surface area contributed by atoms with E-state index in [9.17, 15) is 13.2 Å². The van der Waals surface area contributed by atoms with Gasteiger partial charge in [0.15, 0.2) is 20.8 Å². The summed E-state index contributed by atoms with van der Waals surface area (Å²) in [6.45, 7) is 0. The number of hydrogen-bond acceptors (Lipinski definition) is 6. The zero-order valence-electron chi connectivity index (χ0n) is 18.1. The monoisotopic (exact) mass is 480 g/mol. The third-order valence-electron chi connectivity index (χ3n) is 6.14. The second kappa shape index (κ2) is 8.79. The molecule has 33 heavy (non-hydrogen) atoms. The highest BCUT2D eigenvalue weighted by molar-refractivity contribution is 8.00. The Morgan fingerprint density at radius 2 is 1.91 bits per heavy atom. The van der Waals surface area contributed by atoms with Crippen LogP contribution in [0.2, 0.25) is 0 Å². The summed E-state index contributed by atoms with van der Waals surface area (Å²) in [6, 6.07) is 17.4. The van der Waals surface area contributed by atoms with E-state index in [0.717, 1.165) is 22.3 Å². The third kappa shape index (κ3) is 4.47. The highest BCUT2D eigenvalue weighted by Gasteiger charge is 2.31. The number of ketones is 1. The number of Topliss-reactive ketones (excluding diaryl/α,β-unsaturated/α-hetero) is 1. The molecule has 4 aromatic rings. The number of rotatable bonds is 7. The minimum absolute atomic E-state index is 0.00455. The van der Waals surface area contributed by atoms with E-state index in [-0.39, 0.29) is 23.2 Å². The van der Waals surface area contributed by atoms with Crippen molar-refractivity contribution < 1.29 is 13.2 Å². The van der Waals surface area contributed by atoms with Crippen LogP contribution >= 0.6 is 11.8 Å². The van der Waals surface area contributed by atoms with E-state index in [1.807, 2.05) is 66.2 Å². The molecule has 0 unspecified atom stereocenters. The molecule has 2 atom stereocenters. The van der Waals surface area contributed by atoms with Crippen LogP contribution in [0.4, 0.5) is 0 Å². The predicted octanol–water partition coefficient (Wildman–Crippen LogP) is 3.99. The zero-order chi connectivity index (χ0) is 23.0. The van der Waals surface area contributed by atoms with Crippen LogP contribution < -0.4 is 0 Å². The molecule has 0 aliphatic carbocycles. The number of sulfone groups is 1. The number of benzene rings is 2. The van der Waals surface area contributed by atoms with Gasteiger partial charge in [-0.2, -0.15) is 0 Å². The van der Waals surface area contributed by atoms with Gasteiger partial charge in [-0.3, -0.25) is 4.79 Å². The Morgan fingerprint density at radius 1 is 1.15 bits per heavy atom. The minimum atomic E-state index is -2.94. The summed E-state index contributed by atoms with van der Waals surface area (Å²) in [5.74, 6) is 1.25. The molecule has 2 aromatic heterocycles. The summed E-state index contributed by atoms with van der Waals surface area (Å²) >= 11 is 1.37. The van der Waals surface area contributed by atoms with Gasteiger partial charge in [0.05, 0.1) is 11.5 Å². The molecule has 170 valence electrons. The molecule has 0 bridgehead atoms. The number of carbonyl (C=O) groups is 1. The van der Waals surface area contributed by atoms with Gasteiger partial charge >= 0.3 is 0 Å². The van der Waals surface area contributed by atoms with Gasteiger partial charge in [0.2, 0.25) is 0 Å². The Labute approximate surface area is 196 Å². The van der Waals surface area contributed by atoms with E-state index in [0.29, 0.717) is 23.6 Å². The Kier molecular flexibility index (Phi) is 5.84. The number of para-hydroxylation sites is 1. The molecule has 5 rings (SSSR count). The molecule has 7 nitrogen and oxygen atoms in total. The molecule has 1 saturated heterocycles. The van der Waals surface area contributed by atoms with Crippen molar-refractivity contribution in [2.24, 2.45) is 13.0 Å². The van der Waals surface area contributed by atoms with E-state index in [1.54, 1.807) is 6.20 Å². The summed E-state index contributed by atoms with van der Waals surface area (Å²) in [5.41, 5.74) is 2.46. The lowest BCUT2D eigenvalue weighted by atomic mass is 10.0. The fourth-order valence-electron chi connectivity index (χ4n) is 4.34. The Bertz CT molecular complexity index is 1410. The van der Waals surface area contributed by atoms with Gasteiger partial charge in [-0.15, -0.1) is 10.2 Å². The van der Waals surface area contributed by atoms with Crippen LogP contribution in [0.1, 0.15) is 33.4 Å². The van der Waals surface area contributed by atoms with Gasteiger partial charge in [-0.05, 0) is 24.0 Å². The van der Waals surface area contributed by atoms with Gasteiger partial charge in [0, 0.05) is 36.1 Å². The van der Waals surface area contributed by atoms with Crippen molar-refractivity contribution in [3.05, 3.63) is 77.7 Å². The molecule has 1 N–H and O–H groups in total. The second-order valence-electron chi connectivity index (χ2n) is 8.45. The minimum Gasteiger partial charge on any atom is -0.360 e. The molecule has 0 radical (unpaired) electrons. The number of nitrogens with one attached hydrogen (secondary N) is 1. The molecular formula is C24H24N4O3S2. The van der Waals surface area contributed by atoms with E-state index in [2.05, 4.69) is 15.2 Å². The first-order chi connectivity index (χ1) is 15.9. The zero-order valence-corrected chi connectivity index (χ0v) is 19.8. The number of nitrogens with zero attached hydrogens (tertiary/aromatic N) is 3. The fourth-order valence-corrected chi connectivity index (χ4v) is 7.29. The maximum atomic E-state index is 13.7. The number of thioether (sulfide) groups is 1. The van der Waals surface area contributed by atoms with E-state index in [4.69, 9.17) is 0 Å². The second-order valence-corrected chi connectivity index (χ2v) is 11.8. The number of carbonyl (C=O) groups excluding carboxylic acids is 1. The van der Waals surface area contributed by atoms with Crippen molar-refractivity contribution >= 4 is 38.3 Å². The van der Waals surface area contributed by atoms with E-state index in [1.165, 1.54) is 11.8 Å². The first-order valence-corrected chi connectivity index (χ1v) is 13.5. The van der Waals surface area contributed by atoms with Crippen molar-refractivity contribution in [1.29, 1.82) is 0 Å². The predicted molar refractivity (Wildman–Crippen MR) is 129 cm³/mol. The fraction of sp³-hybridized carbons (Fsp3) is 0.292. The number of aromatic amines is 1. The van der Waals surface area contributed by atoms with Crippen LogP contribution in [0.15, 0.2) is 66.0 Å². The summed E-state index contributed by atoms with van der Waals surface area (Å²) in [4.78, 5) is 16.9. The number of aromatic nitrogens is 4. The van der Waals surface area contributed by atoms with Crippen molar-refractivity contribution in [2.75, 3.05) is 11.5 Å². The summed E-state index contributed by atoms with van der Waals surface area (Å²) in [5, 5.41) is 9.71. The van der Waals surface area contributed by atoms with Crippen LogP contribution in [0, 0.1) is 5.92 Å². The molecule has 1 aliphatic rings. The third-order valence-corrected chi connectivity index (χ3v) is 9.27. The standard InChI is InChI=1S/C24H24N4O3S2/c1-28-21(13-16-11-12-33(30,31)15-16)26-27-24(28)32-23(17-7-3-2-4-8-17)22(29)19-14-25-20-10-6-5-9-18(19)20/h2-10,14,16,23,25H,11-13,15H2,1H3/t16-,23-/m0/s1. The normalized spacial score (nSPS) is 18.5. The van der Waals surface area contributed by atoms with Gasteiger partial charge in [-0.25, -0.2) is 8.42 Å². The topological polar surface area (TPSA) is 97.7 Å². The molecule has 0 spiro atoms. The lowest BCUT2D eigenvalue weighted by molar-refractivity contribution is 0.0991. The van der Waals surface area contributed by atoms with E-state index >= 15 is 0 Å². The number of hydrogen-bond donors (Lipinski definition) is 1. The summed E-state index contributed by atoms with van der Waals surface area (Å²) in [6.07, 6.45) is 2.99. The van der Waals surface area contributed by atoms with E-state index < -0.39 is 15.1 Å². The van der Waals surface area contributed by atoms with Crippen molar-refractivity contribution in [3.8, 4) is 0 Å². The SMILES string of the molecule is Cn1c(C[C@@H]2CCS(=O)(=O)C2)nnc1S[C@H](C(=O)c1c[nH]c2ccccc12)c1ccccc1. The van der Waals surface area contributed by atoms with Crippen LogP contribution in [0.25, 0.3) is 10.9 Å². The van der Waals surface area contributed by atoms with Gasteiger partial charge < -0.3 is 9.55 Å². The van der Waals surface area contributed by atoms with Crippen LogP contribution in [0.5, 0.6) is 0 Å².